The van der Waals surface area contributed by atoms with Gasteiger partial charge in [0.25, 0.3) is 0 Å². The van der Waals surface area contributed by atoms with Crippen LogP contribution in [0.5, 0.6) is 0 Å². The van der Waals surface area contributed by atoms with Gasteiger partial charge in [-0.3, -0.25) is 0 Å². The Kier molecular flexibility index (Phi) is 0.704. The minimum absolute atomic E-state index is 0.826. The molecule has 2 heterocycles. The Bertz CT molecular complexity index is 320. The standard InChI is InChI=1S/C6H6N2O/c1-4-2-7-6-5(4)9-3-8-6/h2-3,7H,1H3. The van der Waals surface area contributed by atoms with Crippen LogP contribution in [-0.2, 0) is 0 Å². The van der Waals surface area contributed by atoms with Crippen LogP contribution in [0.25, 0.3) is 11.2 Å². The quantitative estimate of drug-likeness (QED) is 0.574. The minimum Gasteiger partial charge on any atom is -0.441 e. The van der Waals surface area contributed by atoms with Crippen LogP contribution in [0.4, 0.5) is 0 Å². The molecule has 0 aliphatic carbocycles. The highest BCUT2D eigenvalue weighted by Crippen LogP contribution is 2.13. The van der Waals surface area contributed by atoms with Crippen LogP contribution in [0.3, 0.4) is 0 Å². The zero-order valence-electron chi connectivity index (χ0n) is 5.01. The molecule has 0 fully saturated rings. The van der Waals surface area contributed by atoms with Gasteiger partial charge < -0.3 is 9.40 Å². The molecule has 0 radical (unpaired) electrons. The van der Waals surface area contributed by atoms with Gasteiger partial charge >= 0.3 is 0 Å². The highest BCUT2D eigenvalue weighted by molar-refractivity contribution is 5.71. The van der Waals surface area contributed by atoms with Gasteiger partial charge in [0, 0.05) is 11.8 Å². The zero-order chi connectivity index (χ0) is 6.27. The number of rotatable bonds is 0. The van der Waals surface area contributed by atoms with E-state index < -0.39 is 0 Å². The molecule has 0 atom stereocenters. The molecule has 46 valence electrons. The normalized spacial score (nSPS) is 10.8. The maximum absolute atomic E-state index is 5.05. The van der Waals surface area contributed by atoms with E-state index >= 15 is 0 Å². The number of hydrogen-bond donors (Lipinski definition) is 1. The van der Waals surface area contributed by atoms with E-state index in [9.17, 15) is 0 Å². The number of fused-ring (bicyclic) bond motifs is 1. The molecule has 0 amide bonds. The van der Waals surface area contributed by atoms with E-state index in [1.165, 1.54) is 6.39 Å². The first-order chi connectivity index (χ1) is 4.38. The summed E-state index contributed by atoms with van der Waals surface area (Å²) < 4.78 is 5.05. The molecule has 0 spiro atoms. The highest BCUT2D eigenvalue weighted by Gasteiger charge is 2.00. The van der Waals surface area contributed by atoms with Crippen molar-refractivity contribution in [2.75, 3.05) is 0 Å². The maximum Gasteiger partial charge on any atom is 0.183 e. The molecular weight excluding hydrogens is 116 g/mol. The Labute approximate surface area is 51.7 Å². The summed E-state index contributed by atoms with van der Waals surface area (Å²) in [5, 5.41) is 0. The van der Waals surface area contributed by atoms with E-state index in [1.807, 2.05) is 13.1 Å². The molecule has 3 nitrogen and oxygen atoms in total. The predicted octanol–water partition coefficient (Wildman–Crippen LogP) is 1.46. The summed E-state index contributed by atoms with van der Waals surface area (Å²) in [6, 6.07) is 0. The van der Waals surface area contributed by atoms with Crippen molar-refractivity contribution in [3.05, 3.63) is 18.2 Å². The summed E-state index contributed by atoms with van der Waals surface area (Å²) in [5.41, 5.74) is 2.78. The summed E-state index contributed by atoms with van der Waals surface area (Å²) in [6.07, 6.45) is 3.31. The van der Waals surface area contributed by atoms with Crippen LogP contribution in [0.2, 0.25) is 0 Å². The number of nitrogens with zero attached hydrogens (tertiary/aromatic N) is 1. The number of oxazole rings is 1. The first-order valence-corrected chi connectivity index (χ1v) is 2.75. The van der Waals surface area contributed by atoms with Gasteiger partial charge in [-0.2, -0.15) is 4.98 Å². The van der Waals surface area contributed by atoms with Crippen LogP contribution < -0.4 is 0 Å². The van der Waals surface area contributed by atoms with Gasteiger partial charge in [0.05, 0.1) is 0 Å². The molecule has 2 aromatic heterocycles. The molecule has 9 heavy (non-hydrogen) atoms. The monoisotopic (exact) mass is 122 g/mol. The van der Waals surface area contributed by atoms with E-state index in [1.54, 1.807) is 0 Å². The van der Waals surface area contributed by atoms with E-state index in [0.29, 0.717) is 0 Å². The van der Waals surface area contributed by atoms with Crippen molar-refractivity contribution in [1.82, 2.24) is 9.97 Å². The number of aromatic nitrogens is 2. The lowest BCUT2D eigenvalue weighted by Gasteiger charge is -1.74. The average Bonchev–Trinajstić information content (AvgIpc) is 2.35. The van der Waals surface area contributed by atoms with Crippen molar-refractivity contribution in [3.8, 4) is 0 Å². The predicted molar refractivity (Wildman–Crippen MR) is 33.1 cm³/mol. The molecule has 2 rings (SSSR count). The van der Waals surface area contributed by atoms with Crippen LogP contribution >= 0.6 is 0 Å². The fourth-order valence-electron chi connectivity index (χ4n) is 0.871. The van der Waals surface area contributed by atoms with Crippen molar-refractivity contribution in [2.24, 2.45) is 0 Å². The van der Waals surface area contributed by atoms with Crippen LogP contribution in [0, 0.1) is 6.92 Å². The van der Waals surface area contributed by atoms with Gasteiger partial charge in [0.1, 0.15) is 0 Å². The van der Waals surface area contributed by atoms with E-state index in [2.05, 4.69) is 9.97 Å². The minimum atomic E-state index is 0.826. The first kappa shape index (κ1) is 4.61. The van der Waals surface area contributed by atoms with Crippen molar-refractivity contribution < 1.29 is 4.42 Å². The lowest BCUT2D eigenvalue weighted by Crippen LogP contribution is -1.58. The molecule has 1 N–H and O–H groups in total. The van der Waals surface area contributed by atoms with E-state index in [0.717, 1.165) is 16.8 Å². The Balaban J connectivity index is 2.99. The Morgan fingerprint density at radius 1 is 1.67 bits per heavy atom. The number of aryl methyl sites for hydroxylation is 1. The van der Waals surface area contributed by atoms with Crippen LogP contribution in [0.15, 0.2) is 17.0 Å². The van der Waals surface area contributed by atoms with Crippen LogP contribution in [-0.4, -0.2) is 9.97 Å². The largest absolute Gasteiger partial charge is 0.441 e. The van der Waals surface area contributed by atoms with Crippen molar-refractivity contribution >= 4 is 11.2 Å². The molecule has 3 heteroatoms. The maximum atomic E-state index is 5.05. The summed E-state index contributed by atoms with van der Waals surface area (Å²) >= 11 is 0. The summed E-state index contributed by atoms with van der Waals surface area (Å²) in [7, 11) is 0. The molecule has 0 saturated heterocycles. The third-order valence-corrected chi connectivity index (χ3v) is 1.35. The van der Waals surface area contributed by atoms with Gasteiger partial charge in [-0.1, -0.05) is 0 Å². The molecule has 0 bridgehead atoms. The number of nitrogens with one attached hydrogen (secondary N) is 1. The molecule has 0 aliphatic rings. The van der Waals surface area contributed by atoms with Gasteiger partial charge in [-0.15, -0.1) is 0 Å². The molecule has 2 aromatic rings. The van der Waals surface area contributed by atoms with Gasteiger partial charge in [-0.25, -0.2) is 0 Å². The summed E-state index contributed by atoms with van der Waals surface area (Å²) in [4.78, 5) is 6.88. The number of aromatic amines is 1. The molecule has 0 saturated carbocycles. The second-order valence-electron chi connectivity index (χ2n) is 2.00. The van der Waals surface area contributed by atoms with Crippen molar-refractivity contribution in [2.45, 2.75) is 6.92 Å². The second kappa shape index (κ2) is 1.37. The third-order valence-electron chi connectivity index (χ3n) is 1.35. The molecular formula is C6H6N2O. The van der Waals surface area contributed by atoms with Gasteiger partial charge in [-0.05, 0) is 6.92 Å². The molecule has 0 aromatic carbocycles. The average molecular weight is 122 g/mol. The Morgan fingerprint density at radius 2 is 2.56 bits per heavy atom. The zero-order valence-corrected chi connectivity index (χ0v) is 5.01. The van der Waals surface area contributed by atoms with Crippen molar-refractivity contribution in [1.29, 1.82) is 0 Å². The lowest BCUT2D eigenvalue weighted by atomic mass is 10.4. The van der Waals surface area contributed by atoms with Crippen molar-refractivity contribution in [3.63, 3.8) is 0 Å². The van der Waals surface area contributed by atoms with Gasteiger partial charge in [0.2, 0.25) is 0 Å². The topological polar surface area (TPSA) is 41.8 Å². The number of H-pyrrole nitrogens is 1. The fourth-order valence-corrected chi connectivity index (χ4v) is 0.871. The SMILES string of the molecule is Cc1c[nH]c2ncoc12. The summed E-state index contributed by atoms with van der Waals surface area (Å²) in [6.45, 7) is 1.98. The lowest BCUT2D eigenvalue weighted by molar-refractivity contribution is 0.600. The smallest absolute Gasteiger partial charge is 0.183 e. The molecule has 0 aliphatic heterocycles. The first-order valence-electron chi connectivity index (χ1n) is 2.75. The molecule has 0 unspecified atom stereocenters. The second-order valence-corrected chi connectivity index (χ2v) is 2.00. The fraction of sp³-hybridized carbons (Fsp3) is 0.167. The van der Waals surface area contributed by atoms with E-state index in [4.69, 9.17) is 4.42 Å². The van der Waals surface area contributed by atoms with Gasteiger partial charge in [0.15, 0.2) is 17.6 Å². The Morgan fingerprint density at radius 3 is 3.33 bits per heavy atom. The highest BCUT2D eigenvalue weighted by atomic mass is 16.3. The van der Waals surface area contributed by atoms with Crippen LogP contribution in [0.1, 0.15) is 5.56 Å². The van der Waals surface area contributed by atoms with E-state index in [-0.39, 0.29) is 0 Å². The summed E-state index contributed by atoms with van der Waals surface area (Å²) in [5.74, 6) is 0. The third kappa shape index (κ3) is 0.483. The number of hydrogen-bond acceptors (Lipinski definition) is 2. The Hall–Kier alpha value is -1.25.